The quantitative estimate of drug-likeness (QED) is 0.806. The topological polar surface area (TPSA) is 21.3 Å². The van der Waals surface area contributed by atoms with Gasteiger partial charge in [0.05, 0.1) is 6.61 Å². The molecule has 17 heavy (non-hydrogen) atoms. The summed E-state index contributed by atoms with van der Waals surface area (Å²) in [5.41, 5.74) is 3.13. The van der Waals surface area contributed by atoms with Crippen LogP contribution < -0.4 is 5.32 Å². The van der Waals surface area contributed by atoms with Crippen molar-refractivity contribution < 1.29 is 17.9 Å². The molecule has 0 aliphatic carbocycles. The Morgan fingerprint density at radius 3 is 2.24 bits per heavy atom. The Morgan fingerprint density at radius 1 is 1.12 bits per heavy atom. The minimum atomic E-state index is -4.25. The maximum absolute atomic E-state index is 11.8. The van der Waals surface area contributed by atoms with E-state index in [1.807, 2.05) is 32.0 Å². The summed E-state index contributed by atoms with van der Waals surface area (Å²) in [6.45, 7) is 3.14. The minimum Gasteiger partial charge on any atom is -0.383 e. The van der Waals surface area contributed by atoms with Crippen LogP contribution in [0, 0.1) is 13.8 Å². The summed E-state index contributed by atoms with van der Waals surface area (Å²) in [7, 11) is 0. The zero-order valence-corrected chi connectivity index (χ0v) is 9.90. The molecule has 0 heterocycles. The van der Waals surface area contributed by atoms with Crippen LogP contribution in [0.5, 0.6) is 0 Å². The van der Waals surface area contributed by atoms with Crippen molar-refractivity contribution in [1.82, 2.24) is 0 Å². The van der Waals surface area contributed by atoms with Gasteiger partial charge in [0.2, 0.25) is 0 Å². The lowest BCUT2D eigenvalue weighted by Gasteiger charge is -2.10. The SMILES string of the molecule is Cc1cc(C)cc(NCCOCC(F)(F)F)c1. The average Bonchev–Trinajstić information content (AvgIpc) is 2.13. The van der Waals surface area contributed by atoms with Crippen LogP contribution in [0.2, 0.25) is 0 Å². The summed E-state index contributed by atoms with van der Waals surface area (Å²) < 4.78 is 39.8. The highest BCUT2D eigenvalue weighted by Gasteiger charge is 2.27. The number of nitrogens with one attached hydrogen (secondary N) is 1. The number of ether oxygens (including phenoxy) is 1. The highest BCUT2D eigenvalue weighted by atomic mass is 19.4. The van der Waals surface area contributed by atoms with Gasteiger partial charge in [-0.15, -0.1) is 0 Å². The summed E-state index contributed by atoms with van der Waals surface area (Å²) in [5, 5.41) is 3.02. The highest BCUT2D eigenvalue weighted by Crippen LogP contribution is 2.15. The molecule has 1 aromatic carbocycles. The van der Waals surface area contributed by atoms with Crippen LogP contribution in [0.4, 0.5) is 18.9 Å². The van der Waals surface area contributed by atoms with Crippen LogP contribution >= 0.6 is 0 Å². The van der Waals surface area contributed by atoms with Crippen molar-refractivity contribution in [3.05, 3.63) is 29.3 Å². The van der Waals surface area contributed by atoms with E-state index in [1.54, 1.807) is 0 Å². The summed E-state index contributed by atoms with van der Waals surface area (Å²) in [5.74, 6) is 0. The maximum Gasteiger partial charge on any atom is 0.411 e. The Bertz CT molecular complexity index is 343. The third kappa shape index (κ3) is 6.16. The lowest BCUT2D eigenvalue weighted by atomic mass is 10.1. The predicted molar refractivity (Wildman–Crippen MR) is 61.3 cm³/mol. The van der Waals surface area contributed by atoms with Crippen LogP contribution in [-0.2, 0) is 4.74 Å². The molecule has 0 fully saturated rings. The summed E-state index contributed by atoms with van der Waals surface area (Å²) in [4.78, 5) is 0. The van der Waals surface area contributed by atoms with Gasteiger partial charge in [0.25, 0.3) is 0 Å². The second kappa shape index (κ2) is 5.91. The molecule has 0 aliphatic rings. The number of anilines is 1. The first-order valence-electron chi connectivity index (χ1n) is 5.33. The maximum atomic E-state index is 11.8. The third-order valence-corrected chi connectivity index (χ3v) is 2.06. The monoisotopic (exact) mass is 247 g/mol. The highest BCUT2D eigenvalue weighted by molar-refractivity contribution is 5.48. The molecule has 0 amide bonds. The molecule has 0 atom stereocenters. The third-order valence-electron chi connectivity index (χ3n) is 2.06. The molecule has 0 unspecified atom stereocenters. The van der Waals surface area contributed by atoms with Crippen LogP contribution in [-0.4, -0.2) is 25.9 Å². The van der Waals surface area contributed by atoms with E-state index in [4.69, 9.17) is 0 Å². The van der Waals surface area contributed by atoms with Gasteiger partial charge in [-0.25, -0.2) is 0 Å². The van der Waals surface area contributed by atoms with E-state index in [0.29, 0.717) is 6.54 Å². The van der Waals surface area contributed by atoms with Gasteiger partial charge in [-0.3, -0.25) is 0 Å². The van der Waals surface area contributed by atoms with Crippen LogP contribution in [0.25, 0.3) is 0 Å². The molecule has 96 valence electrons. The van der Waals surface area contributed by atoms with Crippen LogP contribution in [0.3, 0.4) is 0 Å². The Kier molecular flexibility index (Phi) is 4.81. The van der Waals surface area contributed by atoms with Crippen molar-refractivity contribution in [3.8, 4) is 0 Å². The predicted octanol–water partition coefficient (Wildman–Crippen LogP) is 3.29. The number of halogens is 3. The smallest absolute Gasteiger partial charge is 0.383 e. The lowest BCUT2D eigenvalue weighted by molar-refractivity contribution is -0.172. The molecular weight excluding hydrogens is 231 g/mol. The largest absolute Gasteiger partial charge is 0.411 e. The number of hydrogen-bond donors (Lipinski definition) is 1. The van der Waals surface area contributed by atoms with Crippen molar-refractivity contribution >= 4 is 5.69 Å². The van der Waals surface area contributed by atoms with E-state index in [-0.39, 0.29) is 6.61 Å². The average molecular weight is 247 g/mol. The summed E-state index contributed by atoms with van der Waals surface area (Å²) >= 11 is 0. The lowest BCUT2D eigenvalue weighted by Crippen LogP contribution is -2.20. The fraction of sp³-hybridized carbons (Fsp3) is 0.500. The number of alkyl halides is 3. The molecule has 1 aromatic rings. The minimum absolute atomic E-state index is 0.0342. The fourth-order valence-electron chi connectivity index (χ4n) is 1.53. The molecule has 0 aliphatic heterocycles. The van der Waals surface area contributed by atoms with E-state index in [9.17, 15) is 13.2 Å². The molecule has 0 saturated carbocycles. The Morgan fingerprint density at radius 2 is 1.71 bits per heavy atom. The Hall–Kier alpha value is -1.23. The van der Waals surface area contributed by atoms with Gasteiger partial charge in [0, 0.05) is 12.2 Å². The number of rotatable bonds is 5. The van der Waals surface area contributed by atoms with E-state index >= 15 is 0 Å². The van der Waals surface area contributed by atoms with Gasteiger partial charge in [0.1, 0.15) is 6.61 Å². The van der Waals surface area contributed by atoms with Crippen molar-refractivity contribution in [1.29, 1.82) is 0 Å². The van der Waals surface area contributed by atoms with Gasteiger partial charge in [-0.1, -0.05) is 6.07 Å². The first-order valence-corrected chi connectivity index (χ1v) is 5.33. The molecule has 1 N–H and O–H groups in total. The van der Waals surface area contributed by atoms with Crippen molar-refractivity contribution in [2.45, 2.75) is 20.0 Å². The molecule has 5 heteroatoms. The Balaban J connectivity index is 2.27. The van der Waals surface area contributed by atoms with Crippen molar-refractivity contribution in [2.75, 3.05) is 25.1 Å². The first-order chi connectivity index (χ1) is 7.87. The molecule has 2 nitrogen and oxygen atoms in total. The normalized spacial score (nSPS) is 11.6. The van der Waals surface area contributed by atoms with Gasteiger partial charge >= 0.3 is 6.18 Å². The molecule has 0 saturated heterocycles. The summed E-state index contributed by atoms with van der Waals surface area (Å²) in [6.07, 6.45) is -4.25. The van der Waals surface area contributed by atoms with Crippen molar-refractivity contribution in [2.24, 2.45) is 0 Å². The second-order valence-corrected chi connectivity index (χ2v) is 3.97. The van der Waals surface area contributed by atoms with Crippen LogP contribution in [0.15, 0.2) is 18.2 Å². The Labute approximate surface area is 98.8 Å². The molecule has 0 radical (unpaired) electrons. The zero-order chi connectivity index (χ0) is 12.9. The van der Waals surface area contributed by atoms with Gasteiger partial charge in [-0.2, -0.15) is 13.2 Å². The van der Waals surface area contributed by atoms with Crippen LogP contribution in [0.1, 0.15) is 11.1 Å². The zero-order valence-electron chi connectivity index (χ0n) is 9.90. The molecule has 0 aromatic heterocycles. The molecule has 1 rings (SSSR count). The van der Waals surface area contributed by atoms with Gasteiger partial charge in [0.15, 0.2) is 0 Å². The van der Waals surface area contributed by atoms with Gasteiger partial charge < -0.3 is 10.1 Å². The molecule has 0 bridgehead atoms. The number of hydrogen-bond acceptors (Lipinski definition) is 2. The number of benzene rings is 1. The fourth-order valence-corrected chi connectivity index (χ4v) is 1.53. The standard InChI is InChI=1S/C12H16F3NO/c1-9-5-10(2)7-11(6-9)16-3-4-17-8-12(13,14)15/h5-7,16H,3-4,8H2,1-2H3. The first kappa shape index (κ1) is 13.8. The second-order valence-electron chi connectivity index (χ2n) is 3.97. The molecular formula is C12H16F3NO. The summed E-state index contributed by atoms with van der Waals surface area (Å²) in [6, 6.07) is 5.92. The number of aryl methyl sites for hydroxylation is 2. The van der Waals surface area contributed by atoms with E-state index in [1.165, 1.54) is 0 Å². The van der Waals surface area contributed by atoms with E-state index < -0.39 is 12.8 Å². The molecule has 0 spiro atoms. The van der Waals surface area contributed by atoms with E-state index in [0.717, 1.165) is 16.8 Å². The van der Waals surface area contributed by atoms with Crippen molar-refractivity contribution in [3.63, 3.8) is 0 Å². The van der Waals surface area contributed by atoms with Gasteiger partial charge in [-0.05, 0) is 37.1 Å². The van der Waals surface area contributed by atoms with E-state index in [2.05, 4.69) is 10.1 Å².